The first-order valence-corrected chi connectivity index (χ1v) is 20.8. The fraction of sp³-hybridized carbons (Fsp3) is 0. The van der Waals surface area contributed by atoms with Crippen molar-refractivity contribution < 1.29 is 4.42 Å². The Hall–Kier alpha value is -8.14. The van der Waals surface area contributed by atoms with Crippen molar-refractivity contribution in [1.29, 1.82) is 0 Å². The lowest BCUT2D eigenvalue weighted by Gasteiger charge is -2.28. The second-order valence-corrected chi connectivity index (χ2v) is 15.7. The molecule has 2 aromatic heterocycles. The molecule has 3 heteroatoms. The molecule has 286 valence electrons. The molecule has 0 fully saturated rings. The van der Waals surface area contributed by atoms with Gasteiger partial charge in [-0.25, -0.2) is 0 Å². The minimum atomic E-state index is 0.878. The summed E-state index contributed by atoms with van der Waals surface area (Å²) in [5.74, 6) is 0. The van der Waals surface area contributed by atoms with Crippen molar-refractivity contribution in [3.05, 3.63) is 231 Å². The summed E-state index contributed by atoms with van der Waals surface area (Å²) in [5, 5.41) is 7.21. The summed E-state index contributed by atoms with van der Waals surface area (Å²) in [5.41, 5.74) is 15.4. The van der Waals surface area contributed by atoms with E-state index in [4.69, 9.17) is 4.42 Å². The van der Waals surface area contributed by atoms with E-state index in [1.807, 2.05) is 0 Å². The van der Waals surface area contributed by atoms with Gasteiger partial charge in [0.15, 0.2) is 0 Å². The van der Waals surface area contributed by atoms with Crippen LogP contribution in [0.4, 0.5) is 17.1 Å². The first kappa shape index (κ1) is 34.9. The van der Waals surface area contributed by atoms with E-state index < -0.39 is 0 Å². The molecule has 2 heterocycles. The van der Waals surface area contributed by atoms with Crippen LogP contribution in [0.3, 0.4) is 0 Å². The first-order chi connectivity index (χ1) is 30.3. The van der Waals surface area contributed by atoms with Crippen LogP contribution in [0.5, 0.6) is 0 Å². The average Bonchev–Trinajstić information content (AvgIpc) is 3.88. The van der Waals surface area contributed by atoms with Crippen molar-refractivity contribution >= 4 is 71.6 Å². The van der Waals surface area contributed by atoms with Crippen molar-refractivity contribution in [3.63, 3.8) is 0 Å². The number of benzene rings is 10. The van der Waals surface area contributed by atoms with Gasteiger partial charge in [0.25, 0.3) is 0 Å². The van der Waals surface area contributed by atoms with Gasteiger partial charge in [-0.05, 0) is 99.8 Å². The molecule has 12 rings (SSSR count). The highest BCUT2D eigenvalue weighted by atomic mass is 16.3. The molecule has 0 saturated carbocycles. The van der Waals surface area contributed by atoms with Crippen LogP contribution in [-0.2, 0) is 0 Å². The van der Waals surface area contributed by atoms with Crippen LogP contribution >= 0.6 is 0 Å². The Balaban J connectivity index is 0.995. The first-order valence-electron chi connectivity index (χ1n) is 20.8. The fourth-order valence-electron chi connectivity index (χ4n) is 9.37. The maximum atomic E-state index is 6.57. The van der Waals surface area contributed by atoms with Gasteiger partial charge in [0.05, 0.1) is 22.4 Å². The van der Waals surface area contributed by atoms with Gasteiger partial charge in [-0.1, -0.05) is 164 Å². The molecule has 0 aliphatic heterocycles. The lowest BCUT2D eigenvalue weighted by atomic mass is 9.98. The summed E-state index contributed by atoms with van der Waals surface area (Å²) in [6.07, 6.45) is 0. The predicted molar refractivity (Wildman–Crippen MR) is 257 cm³/mol. The van der Waals surface area contributed by atoms with E-state index in [1.165, 1.54) is 49.3 Å². The largest absolute Gasteiger partial charge is 0.456 e. The Labute approximate surface area is 353 Å². The van der Waals surface area contributed by atoms with Crippen LogP contribution in [0.2, 0.25) is 0 Å². The van der Waals surface area contributed by atoms with Gasteiger partial charge in [0, 0.05) is 44.0 Å². The molecular formula is C58H38N2O. The molecule has 0 bridgehead atoms. The quantitative estimate of drug-likeness (QED) is 0.161. The Kier molecular flexibility index (Phi) is 8.17. The molecule has 0 radical (unpaired) electrons. The third-order valence-corrected chi connectivity index (χ3v) is 12.2. The minimum Gasteiger partial charge on any atom is -0.456 e. The highest BCUT2D eigenvalue weighted by Crippen LogP contribution is 2.44. The Bertz CT molecular complexity index is 3520. The Morgan fingerprint density at radius 1 is 0.344 bits per heavy atom. The standard InChI is InChI=1S/C58H38N2O/c1-2-14-39(15-3-1)40-26-32-44(33-27-40)59(52-22-10-7-18-47(52)43-30-36-51-57(38-43)61-56-37-31-41-16-4-5-19-48(41)58(51)56)45-34-28-42(29-35-45)46-17-6-11-23-53(46)60-54-24-12-8-20-49(54)50-21-9-13-25-55(50)60/h1-38H. The maximum absolute atomic E-state index is 6.57. The van der Waals surface area contributed by atoms with Gasteiger partial charge >= 0.3 is 0 Å². The van der Waals surface area contributed by atoms with Crippen LogP contribution in [0.25, 0.3) is 93.6 Å². The van der Waals surface area contributed by atoms with Crippen LogP contribution in [0.15, 0.2) is 235 Å². The Morgan fingerprint density at radius 2 is 0.902 bits per heavy atom. The van der Waals surface area contributed by atoms with Gasteiger partial charge in [-0.15, -0.1) is 0 Å². The maximum Gasteiger partial charge on any atom is 0.136 e. The SMILES string of the molecule is c1ccc(-c2ccc(N(c3ccc(-c4ccccc4-n4c5ccccc5c5ccccc54)cc3)c3ccccc3-c3ccc4c(c3)oc3ccc5ccccc5c34)cc2)cc1. The summed E-state index contributed by atoms with van der Waals surface area (Å²) >= 11 is 0. The molecule has 0 unspecified atom stereocenters. The van der Waals surface area contributed by atoms with Gasteiger partial charge < -0.3 is 13.9 Å². The molecule has 12 aromatic rings. The fourth-order valence-corrected chi connectivity index (χ4v) is 9.37. The highest BCUT2D eigenvalue weighted by Gasteiger charge is 2.20. The van der Waals surface area contributed by atoms with E-state index in [0.29, 0.717) is 0 Å². The van der Waals surface area contributed by atoms with Crippen molar-refractivity contribution in [2.75, 3.05) is 4.90 Å². The van der Waals surface area contributed by atoms with Gasteiger partial charge in [-0.3, -0.25) is 0 Å². The van der Waals surface area contributed by atoms with Crippen LogP contribution < -0.4 is 4.90 Å². The molecule has 0 amide bonds. The third-order valence-electron chi connectivity index (χ3n) is 12.2. The van der Waals surface area contributed by atoms with Crippen molar-refractivity contribution in [1.82, 2.24) is 4.57 Å². The summed E-state index contributed by atoms with van der Waals surface area (Å²) in [7, 11) is 0. The van der Waals surface area contributed by atoms with E-state index in [9.17, 15) is 0 Å². The number of para-hydroxylation sites is 4. The molecule has 0 spiro atoms. The third kappa shape index (κ3) is 5.82. The minimum absolute atomic E-state index is 0.878. The predicted octanol–water partition coefficient (Wildman–Crippen LogP) is 16.3. The van der Waals surface area contributed by atoms with E-state index in [1.54, 1.807) is 0 Å². The molecule has 0 saturated heterocycles. The van der Waals surface area contributed by atoms with Crippen LogP contribution in [0, 0.1) is 0 Å². The van der Waals surface area contributed by atoms with E-state index in [0.717, 1.165) is 61.4 Å². The topological polar surface area (TPSA) is 21.3 Å². The molecule has 10 aromatic carbocycles. The zero-order valence-electron chi connectivity index (χ0n) is 33.2. The number of hydrogen-bond donors (Lipinski definition) is 0. The van der Waals surface area contributed by atoms with Gasteiger partial charge in [0.2, 0.25) is 0 Å². The number of aromatic nitrogens is 1. The molecule has 0 aliphatic rings. The number of fused-ring (bicyclic) bond motifs is 8. The van der Waals surface area contributed by atoms with Crippen LogP contribution in [0.1, 0.15) is 0 Å². The van der Waals surface area contributed by atoms with Gasteiger partial charge in [-0.2, -0.15) is 0 Å². The Morgan fingerprint density at radius 3 is 1.64 bits per heavy atom. The molecule has 0 N–H and O–H groups in total. The highest BCUT2D eigenvalue weighted by molar-refractivity contribution is 6.19. The van der Waals surface area contributed by atoms with Crippen molar-refractivity contribution in [2.45, 2.75) is 0 Å². The summed E-state index contributed by atoms with van der Waals surface area (Å²) in [6.45, 7) is 0. The zero-order chi connectivity index (χ0) is 40.3. The monoisotopic (exact) mass is 778 g/mol. The lowest BCUT2D eigenvalue weighted by Crippen LogP contribution is -2.11. The summed E-state index contributed by atoms with van der Waals surface area (Å²) in [6, 6.07) is 82.8. The van der Waals surface area contributed by atoms with Crippen molar-refractivity contribution in [3.8, 4) is 39.1 Å². The number of furan rings is 1. The molecular weight excluding hydrogens is 741 g/mol. The molecule has 3 nitrogen and oxygen atoms in total. The van der Waals surface area contributed by atoms with Crippen molar-refractivity contribution in [2.24, 2.45) is 0 Å². The van der Waals surface area contributed by atoms with E-state index in [-0.39, 0.29) is 0 Å². The number of anilines is 3. The van der Waals surface area contributed by atoms with Gasteiger partial charge in [0.1, 0.15) is 11.2 Å². The number of rotatable bonds is 7. The summed E-state index contributed by atoms with van der Waals surface area (Å²) < 4.78 is 8.98. The second-order valence-electron chi connectivity index (χ2n) is 15.7. The number of hydrogen-bond acceptors (Lipinski definition) is 2. The smallest absolute Gasteiger partial charge is 0.136 e. The number of nitrogens with zero attached hydrogens (tertiary/aromatic N) is 2. The average molecular weight is 779 g/mol. The normalized spacial score (nSPS) is 11.6. The molecule has 61 heavy (non-hydrogen) atoms. The molecule has 0 atom stereocenters. The van der Waals surface area contributed by atoms with Crippen LogP contribution in [-0.4, -0.2) is 4.57 Å². The lowest BCUT2D eigenvalue weighted by molar-refractivity contribution is 0.669. The van der Waals surface area contributed by atoms with E-state index >= 15 is 0 Å². The second kappa shape index (κ2) is 14.3. The van der Waals surface area contributed by atoms with E-state index in [2.05, 4.69) is 240 Å². The molecule has 0 aliphatic carbocycles. The summed E-state index contributed by atoms with van der Waals surface area (Å²) in [4.78, 5) is 2.38. The zero-order valence-corrected chi connectivity index (χ0v) is 33.2.